The predicted octanol–water partition coefficient (Wildman–Crippen LogP) is 18.7. The van der Waals surface area contributed by atoms with Crippen LogP contribution in [0.15, 0.2) is 194 Å². The van der Waals surface area contributed by atoms with E-state index in [-0.39, 0.29) is 21.9 Å². The number of benzene rings is 10. The van der Waals surface area contributed by atoms with Gasteiger partial charge in [0.1, 0.15) is 0 Å². The Hall–Kier alpha value is -7.16. The molecule has 4 unspecified atom stereocenters. The summed E-state index contributed by atoms with van der Waals surface area (Å²) in [5.41, 5.74) is 18.8. The topological polar surface area (TPSA) is 6.48 Å². The quantitative estimate of drug-likeness (QED) is 0.153. The van der Waals surface area contributed by atoms with Gasteiger partial charge in [0, 0.05) is 33.6 Å². The number of fused-ring (bicyclic) bond motifs is 6. The van der Waals surface area contributed by atoms with Gasteiger partial charge in [-0.15, -0.1) is 0 Å². The van der Waals surface area contributed by atoms with Crippen LogP contribution >= 0.6 is 0 Å². The van der Waals surface area contributed by atoms with E-state index >= 15 is 0 Å². The number of anilines is 4. The van der Waals surface area contributed by atoms with E-state index < -0.39 is 0 Å². The van der Waals surface area contributed by atoms with Crippen molar-refractivity contribution in [1.82, 2.24) is 0 Å². The van der Waals surface area contributed by atoms with Crippen molar-refractivity contribution in [2.75, 3.05) is 9.80 Å². The molecule has 0 N–H and O–H groups in total. The second-order valence-corrected chi connectivity index (χ2v) is 22.2. The summed E-state index contributed by atoms with van der Waals surface area (Å²) in [4.78, 5) is 5.33. The highest BCUT2D eigenvalue weighted by Gasteiger charge is 2.59. The third-order valence-electron chi connectivity index (χ3n) is 19.0. The van der Waals surface area contributed by atoms with Crippen molar-refractivity contribution < 1.29 is 0 Å². The molecule has 70 heavy (non-hydrogen) atoms. The van der Waals surface area contributed by atoms with Crippen molar-refractivity contribution in [3.05, 3.63) is 205 Å². The lowest BCUT2D eigenvalue weighted by Crippen LogP contribution is -2.54. The maximum Gasteiger partial charge on any atom is 0.0517 e. The van der Waals surface area contributed by atoms with Gasteiger partial charge in [0.2, 0.25) is 0 Å². The van der Waals surface area contributed by atoms with Gasteiger partial charge in [0.25, 0.3) is 0 Å². The zero-order chi connectivity index (χ0) is 47.0. The minimum atomic E-state index is 0.0458. The summed E-state index contributed by atoms with van der Waals surface area (Å²) in [6.45, 7) is 10.1. The molecule has 0 radical (unpaired) electrons. The van der Waals surface area contributed by atoms with Crippen LogP contribution in [0, 0.1) is 0 Å². The molecular weight excluding hydrogens is 845 g/mol. The van der Waals surface area contributed by atoms with E-state index in [0.717, 1.165) is 0 Å². The van der Waals surface area contributed by atoms with E-state index in [4.69, 9.17) is 0 Å². The van der Waals surface area contributed by atoms with Gasteiger partial charge in [-0.05, 0) is 176 Å². The molecule has 2 nitrogen and oxygen atoms in total. The van der Waals surface area contributed by atoms with E-state index in [9.17, 15) is 0 Å². The molecule has 2 aliphatic carbocycles. The first-order chi connectivity index (χ1) is 34.2. The fraction of sp³-hybridized carbons (Fsp3) is 0.235. The van der Waals surface area contributed by atoms with Crippen LogP contribution in [0.1, 0.15) is 90.2 Å². The van der Waals surface area contributed by atoms with Crippen LogP contribution in [0.25, 0.3) is 76.8 Å². The third kappa shape index (κ3) is 5.74. The van der Waals surface area contributed by atoms with Crippen molar-refractivity contribution in [3.8, 4) is 44.5 Å². The summed E-state index contributed by atoms with van der Waals surface area (Å²) in [5, 5.41) is 7.90. The van der Waals surface area contributed by atoms with Crippen LogP contribution in [0.2, 0.25) is 0 Å². The van der Waals surface area contributed by atoms with Gasteiger partial charge in [-0.1, -0.05) is 185 Å². The fourth-order valence-electron chi connectivity index (χ4n) is 14.8. The molecule has 4 aliphatic rings. The molecule has 0 spiro atoms. The number of hydrogen-bond acceptors (Lipinski definition) is 2. The molecule has 0 aromatic heterocycles. The Labute approximate surface area is 413 Å². The molecule has 4 atom stereocenters. The summed E-state index contributed by atoms with van der Waals surface area (Å²) in [6.07, 6.45) is 9.97. The number of rotatable bonds is 6. The maximum absolute atomic E-state index is 2.67. The van der Waals surface area contributed by atoms with Crippen molar-refractivity contribution in [3.63, 3.8) is 0 Å². The Morgan fingerprint density at radius 3 is 1.10 bits per heavy atom. The molecule has 14 rings (SSSR count). The van der Waals surface area contributed by atoms with Gasteiger partial charge in [-0.2, -0.15) is 0 Å². The smallest absolute Gasteiger partial charge is 0.0517 e. The zero-order valence-electron chi connectivity index (χ0n) is 41.0. The molecule has 2 aliphatic heterocycles. The molecule has 10 aromatic carbocycles. The highest BCUT2D eigenvalue weighted by Crippen LogP contribution is 2.63. The predicted molar refractivity (Wildman–Crippen MR) is 298 cm³/mol. The lowest BCUT2D eigenvalue weighted by molar-refractivity contribution is 0.195. The van der Waals surface area contributed by atoms with Gasteiger partial charge in [0.05, 0.1) is 11.1 Å². The molecule has 342 valence electrons. The highest BCUT2D eigenvalue weighted by molar-refractivity contribution is 6.27. The molecule has 2 saturated carbocycles. The molecule has 0 saturated heterocycles. The monoisotopic (exact) mass is 904 g/mol. The summed E-state index contributed by atoms with van der Waals surface area (Å²) in [7, 11) is 0. The van der Waals surface area contributed by atoms with Crippen molar-refractivity contribution in [2.45, 2.75) is 101 Å². The summed E-state index contributed by atoms with van der Waals surface area (Å²) < 4.78 is 0. The largest absolute Gasteiger partial charge is 0.334 e. The standard InChI is InChI=1S/C68H60N2/c1-65-39-11-13-41-67(65,3)69(53-15-7-5-8-16-53)61-37-31-51(43-59(61)65)45-19-23-47(24-20-45)55-33-27-49-30-36-58-56(34-28-50-29-35-57(55)63(49)64(50)58)48-25-21-46(22-26-48)52-32-38-62-60(44-52)66(2)40-12-14-42-68(66,4)70(62)54-17-9-6-10-18-54/h5-10,15-38,43-44H,11-14,39-42H2,1-4H3. The number of para-hydroxylation sites is 2. The van der Waals surface area contributed by atoms with Crippen molar-refractivity contribution in [1.29, 1.82) is 0 Å². The Balaban J connectivity index is 0.794. The number of hydrogen-bond donors (Lipinski definition) is 0. The second-order valence-electron chi connectivity index (χ2n) is 22.2. The highest BCUT2D eigenvalue weighted by atomic mass is 15.3. The van der Waals surface area contributed by atoms with Gasteiger partial charge >= 0.3 is 0 Å². The molecular formula is C68H60N2. The first-order valence-corrected chi connectivity index (χ1v) is 26.1. The summed E-state index contributed by atoms with van der Waals surface area (Å²) >= 11 is 0. The van der Waals surface area contributed by atoms with E-state index in [1.165, 1.54) is 162 Å². The van der Waals surface area contributed by atoms with Gasteiger partial charge in [-0.25, -0.2) is 0 Å². The Morgan fingerprint density at radius 1 is 0.329 bits per heavy atom. The van der Waals surface area contributed by atoms with Crippen LogP contribution in [-0.2, 0) is 10.8 Å². The molecule has 2 heteroatoms. The lowest BCUT2D eigenvalue weighted by Gasteiger charge is -2.50. The minimum Gasteiger partial charge on any atom is -0.334 e. The van der Waals surface area contributed by atoms with Crippen molar-refractivity contribution >= 4 is 55.1 Å². The van der Waals surface area contributed by atoms with Crippen LogP contribution in [0.3, 0.4) is 0 Å². The van der Waals surface area contributed by atoms with Crippen molar-refractivity contribution in [2.24, 2.45) is 0 Å². The summed E-state index contributed by atoms with van der Waals surface area (Å²) in [5.74, 6) is 0. The molecule has 2 heterocycles. The van der Waals surface area contributed by atoms with Crippen LogP contribution in [-0.4, -0.2) is 11.1 Å². The lowest BCUT2D eigenvalue weighted by atomic mass is 9.61. The van der Waals surface area contributed by atoms with Crippen LogP contribution in [0.4, 0.5) is 22.7 Å². The van der Waals surface area contributed by atoms with Crippen LogP contribution in [0.5, 0.6) is 0 Å². The Morgan fingerprint density at radius 2 is 0.686 bits per heavy atom. The van der Waals surface area contributed by atoms with E-state index in [2.05, 4.69) is 232 Å². The third-order valence-corrected chi connectivity index (χ3v) is 19.0. The number of nitrogens with zero attached hydrogens (tertiary/aromatic N) is 2. The van der Waals surface area contributed by atoms with Crippen LogP contribution < -0.4 is 9.80 Å². The van der Waals surface area contributed by atoms with Gasteiger partial charge < -0.3 is 9.80 Å². The Kier molecular flexibility index (Phi) is 9.05. The molecule has 0 amide bonds. The van der Waals surface area contributed by atoms with Gasteiger partial charge in [-0.3, -0.25) is 0 Å². The summed E-state index contributed by atoms with van der Waals surface area (Å²) in [6, 6.07) is 74.2. The average Bonchev–Trinajstić information content (AvgIpc) is 3.75. The first-order valence-electron chi connectivity index (χ1n) is 26.1. The first kappa shape index (κ1) is 41.8. The van der Waals surface area contributed by atoms with Gasteiger partial charge in [0.15, 0.2) is 0 Å². The maximum atomic E-state index is 2.67. The Bertz CT molecular complexity index is 3420. The molecule has 0 bridgehead atoms. The minimum absolute atomic E-state index is 0.0458. The fourth-order valence-corrected chi connectivity index (χ4v) is 14.8. The van der Waals surface area contributed by atoms with E-state index in [1.54, 1.807) is 0 Å². The average molecular weight is 905 g/mol. The molecule has 2 fully saturated rings. The SMILES string of the molecule is CC12CCCCC1(C)N(c1ccccc1)c1ccc(-c3ccc(-c4ccc5ccc6c(-c7ccc(-c8ccc9c(c8)C8(C)CCCCC8(C)N9c8ccccc8)cc7)ccc7ccc4c5c76)cc3)cc12. The zero-order valence-corrected chi connectivity index (χ0v) is 41.0. The normalized spacial score (nSPS) is 23.7. The van der Waals surface area contributed by atoms with E-state index in [1.807, 2.05) is 0 Å². The second kappa shape index (κ2) is 15.2. The molecule has 10 aromatic rings. The van der Waals surface area contributed by atoms with E-state index in [0.29, 0.717) is 0 Å².